The second-order valence-corrected chi connectivity index (χ2v) is 5.65. The van der Waals surface area contributed by atoms with Crippen molar-refractivity contribution in [2.75, 3.05) is 5.32 Å². The summed E-state index contributed by atoms with van der Waals surface area (Å²) in [6, 6.07) is 12.5. The lowest BCUT2D eigenvalue weighted by molar-refractivity contribution is 0.787. The molecule has 0 saturated carbocycles. The van der Waals surface area contributed by atoms with Crippen LogP contribution in [0.3, 0.4) is 0 Å². The summed E-state index contributed by atoms with van der Waals surface area (Å²) in [7, 11) is 0. The molecule has 0 amide bonds. The van der Waals surface area contributed by atoms with E-state index in [1.165, 1.54) is 11.1 Å². The maximum atomic E-state index is 4.11. The van der Waals surface area contributed by atoms with Crippen LogP contribution in [0.4, 0.5) is 11.6 Å². The van der Waals surface area contributed by atoms with Gasteiger partial charge in [0.25, 0.3) is 5.95 Å². The van der Waals surface area contributed by atoms with Crippen LogP contribution in [0.15, 0.2) is 36.4 Å². The monoisotopic (exact) mass is 293 g/mol. The van der Waals surface area contributed by atoms with E-state index in [0.29, 0.717) is 5.95 Å². The van der Waals surface area contributed by atoms with E-state index < -0.39 is 0 Å². The van der Waals surface area contributed by atoms with Crippen LogP contribution < -0.4 is 5.32 Å². The average Bonchev–Trinajstić information content (AvgIpc) is 2.90. The van der Waals surface area contributed by atoms with Crippen LogP contribution in [0.25, 0.3) is 5.69 Å². The quantitative estimate of drug-likeness (QED) is 0.801. The van der Waals surface area contributed by atoms with E-state index in [9.17, 15) is 0 Å². The SMILES string of the molecule is Cc1ccc(Nc2nnnn2-c2ccc(C)cc2C)c(C)c1. The van der Waals surface area contributed by atoms with Crippen molar-refractivity contribution in [1.29, 1.82) is 0 Å². The van der Waals surface area contributed by atoms with Crippen molar-refractivity contribution in [1.82, 2.24) is 20.2 Å². The van der Waals surface area contributed by atoms with E-state index in [4.69, 9.17) is 0 Å². The Morgan fingerprint density at radius 1 is 0.864 bits per heavy atom. The molecule has 0 aliphatic rings. The molecule has 0 aliphatic heterocycles. The van der Waals surface area contributed by atoms with Gasteiger partial charge in [0.05, 0.1) is 5.69 Å². The van der Waals surface area contributed by atoms with Crippen LogP contribution in [0.2, 0.25) is 0 Å². The molecular weight excluding hydrogens is 274 g/mol. The second-order valence-electron chi connectivity index (χ2n) is 5.65. The summed E-state index contributed by atoms with van der Waals surface area (Å²) in [5.41, 5.74) is 6.73. The zero-order valence-electron chi connectivity index (χ0n) is 13.3. The van der Waals surface area contributed by atoms with Gasteiger partial charge in [0, 0.05) is 5.69 Å². The molecule has 1 N–H and O–H groups in total. The van der Waals surface area contributed by atoms with Crippen molar-refractivity contribution in [3.8, 4) is 5.69 Å². The molecule has 0 atom stereocenters. The minimum Gasteiger partial charge on any atom is -0.322 e. The number of tetrazole rings is 1. The van der Waals surface area contributed by atoms with E-state index in [1.54, 1.807) is 4.68 Å². The zero-order valence-corrected chi connectivity index (χ0v) is 13.3. The number of hydrogen-bond acceptors (Lipinski definition) is 4. The Labute approximate surface area is 130 Å². The fourth-order valence-corrected chi connectivity index (χ4v) is 2.54. The summed E-state index contributed by atoms with van der Waals surface area (Å²) in [4.78, 5) is 0. The topological polar surface area (TPSA) is 55.6 Å². The largest absolute Gasteiger partial charge is 0.322 e. The van der Waals surface area contributed by atoms with Crippen LogP contribution in [-0.2, 0) is 0 Å². The molecule has 22 heavy (non-hydrogen) atoms. The van der Waals surface area contributed by atoms with Gasteiger partial charge in [-0.2, -0.15) is 4.68 Å². The number of anilines is 2. The third-order valence-corrected chi connectivity index (χ3v) is 3.68. The van der Waals surface area contributed by atoms with Gasteiger partial charge in [-0.15, -0.1) is 0 Å². The molecule has 3 rings (SSSR count). The van der Waals surface area contributed by atoms with E-state index in [1.807, 2.05) is 12.1 Å². The molecule has 1 aromatic heterocycles. The van der Waals surface area contributed by atoms with Crippen LogP contribution in [0, 0.1) is 27.7 Å². The predicted octanol–water partition coefficient (Wildman–Crippen LogP) is 3.64. The Morgan fingerprint density at radius 2 is 1.55 bits per heavy atom. The minimum absolute atomic E-state index is 0.610. The van der Waals surface area contributed by atoms with Gasteiger partial charge in [-0.1, -0.05) is 40.5 Å². The van der Waals surface area contributed by atoms with E-state index in [2.05, 4.69) is 72.8 Å². The fourth-order valence-electron chi connectivity index (χ4n) is 2.54. The van der Waals surface area contributed by atoms with Crippen LogP contribution in [-0.4, -0.2) is 20.2 Å². The smallest absolute Gasteiger partial charge is 0.252 e. The summed E-state index contributed by atoms with van der Waals surface area (Å²) in [5, 5.41) is 15.3. The average molecular weight is 293 g/mol. The maximum Gasteiger partial charge on any atom is 0.252 e. The summed E-state index contributed by atoms with van der Waals surface area (Å²) in [6.07, 6.45) is 0. The first kappa shape index (κ1) is 14.3. The molecule has 0 aliphatic carbocycles. The van der Waals surface area contributed by atoms with Gasteiger partial charge >= 0.3 is 0 Å². The van der Waals surface area contributed by atoms with Gasteiger partial charge in [0.15, 0.2) is 0 Å². The highest BCUT2D eigenvalue weighted by Crippen LogP contribution is 2.23. The number of aromatic nitrogens is 4. The van der Waals surface area contributed by atoms with Crippen molar-refractivity contribution >= 4 is 11.6 Å². The standard InChI is InChI=1S/C17H19N5/c1-11-5-7-15(13(3)9-11)18-17-19-20-21-22(17)16-8-6-12(2)10-14(16)4/h5-10H,1-4H3,(H,18,19,21). The fraction of sp³-hybridized carbons (Fsp3) is 0.235. The first-order valence-corrected chi connectivity index (χ1v) is 7.25. The highest BCUT2D eigenvalue weighted by Gasteiger charge is 2.11. The molecular formula is C17H19N5. The van der Waals surface area contributed by atoms with Crippen molar-refractivity contribution in [3.05, 3.63) is 58.7 Å². The molecule has 1 heterocycles. The Kier molecular flexibility index (Phi) is 3.63. The summed E-state index contributed by atoms with van der Waals surface area (Å²) in [6.45, 7) is 8.28. The summed E-state index contributed by atoms with van der Waals surface area (Å²) in [5.74, 6) is 0.610. The minimum atomic E-state index is 0.610. The van der Waals surface area contributed by atoms with Crippen molar-refractivity contribution < 1.29 is 0 Å². The zero-order chi connectivity index (χ0) is 15.7. The lowest BCUT2D eigenvalue weighted by Crippen LogP contribution is -2.06. The van der Waals surface area contributed by atoms with Gasteiger partial charge in [0.2, 0.25) is 0 Å². The van der Waals surface area contributed by atoms with Crippen molar-refractivity contribution in [3.63, 3.8) is 0 Å². The lowest BCUT2D eigenvalue weighted by atomic mass is 10.1. The molecule has 5 heteroatoms. The van der Waals surface area contributed by atoms with E-state index >= 15 is 0 Å². The summed E-state index contributed by atoms with van der Waals surface area (Å²) < 4.78 is 1.73. The molecule has 3 aromatic rings. The van der Waals surface area contributed by atoms with Gasteiger partial charge < -0.3 is 5.32 Å². The van der Waals surface area contributed by atoms with E-state index in [0.717, 1.165) is 22.5 Å². The highest BCUT2D eigenvalue weighted by atomic mass is 15.6. The molecule has 0 saturated heterocycles. The van der Waals surface area contributed by atoms with Gasteiger partial charge in [-0.3, -0.25) is 0 Å². The Morgan fingerprint density at radius 3 is 2.23 bits per heavy atom. The van der Waals surface area contributed by atoms with Gasteiger partial charge in [0.1, 0.15) is 0 Å². The first-order valence-electron chi connectivity index (χ1n) is 7.25. The lowest BCUT2D eigenvalue weighted by Gasteiger charge is -2.11. The normalized spacial score (nSPS) is 10.7. The highest BCUT2D eigenvalue weighted by molar-refractivity contribution is 5.60. The maximum absolute atomic E-state index is 4.11. The number of nitrogens with one attached hydrogen (secondary N) is 1. The van der Waals surface area contributed by atoms with Crippen LogP contribution >= 0.6 is 0 Å². The number of aryl methyl sites for hydroxylation is 4. The Hall–Kier alpha value is -2.69. The van der Waals surface area contributed by atoms with Crippen LogP contribution in [0.5, 0.6) is 0 Å². The van der Waals surface area contributed by atoms with Crippen LogP contribution in [0.1, 0.15) is 22.3 Å². The number of benzene rings is 2. The molecule has 0 fully saturated rings. The molecule has 0 bridgehead atoms. The second kappa shape index (κ2) is 5.60. The number of hydrogen-bond donors (Lipinski definition) is 1. The number of rotatable bonds is 3. The third kappa shape index (κ3) is 2.70. The van der Waals surface area contributed by atoms with Gasteiger partial charge in [-0.25, -0.2) is 0 Å². The van der Waals surface area contributed by atoms with Gasteiger partial charge in [-0.05, 0) is 61.4 Å². The van der Waals surface area contributed by atoms with Crippen molar-refractivity contribution in [2.24, 2.45) is 0 Å². The molecule has 0 spiro atoms. The Bertz CT molecular complexity index is 820. The molecule has 2 aromatic carbocycles. The molecule has 5 nitrogen and oxygen atoms in total. The Balaban J connectivity index is 1.98. The molecule has 0 radical (unpaired) electrons. The molecule has 0 unspecified atom stereocenters. The first-order chi connectivity index (χ1) is 10.5. The predicted molar refractivity (Wildman–Crippen MR) is 87.8 cm³/mol. The molecule has 112 valence electrons. The van der Waals surface area contributed by atoms with Crippen molar-refractivity contribution in [2.45, 2.75) is 27.7 Å². The van der Waals surface area contributed by atoms with E-state index in [-0.39, 0.29) is 0 Å². The third-order valence-electron chi connectivity index (χ3n) is 3.68. The summed E-state index contributed by atoms with van der Waals surface area (Å²) >= 11 is 0. The number of nitrogens with zero attached hydrogens (tertiary/aromatic N) is 4.